The number of alkyl halides is 2. The molecular weight excluding hydrogens is 420 g/mol. The average molecular weight is 443 g/mol. The molecule has 3 aliphatic heterocycles. The summed E-state index contributed by atoms with van der Waals surface area (Å²) in [5, 5.41) is 0. The first-order valence-corrected chi connectivity index (χ1v) is 10.3. The molecule has 5 rings (SSSR count). The van der Waals surface area contributed by atoms with Crippen molar-refractivity contribution in [1.82, 2.24) is 4.98 Å². The van der Waals surface area contributed by atoms with Crippen LogP contribution in [-0.2, 0) is 21.4 Å². The van der Waals surface area contributed by atoms with Crippen molar-refractivity contribution in [3.63, 3.8) is 0 Å². The van der Waals surface area contributed by atoms with Crippen LogP contribution in [0.1, 0.15) is 47.5 Å². The van der Waals surface area contributed by atoms with Crippen molar-refractivity contribution in [2.75, 3.05) is 19.8 Å². The topological polar surface area (TPSA) is 96.0 Å². The van der Waals surface area contributed by atoms with E-state index >= 15 is 0 Å². The van der Waals surface area contributed by atoms with E-state index in [0.29, 0.717) is 19.0 Å². The number of hydrogen-bond donors (Lipinski definition) is 1. The molecule has 2 spiro atoms. The Bertz CT molecular complexity index is 1110. The second-order valence-electron chi connectivity index (χ2n) is 8.99. The fourth-order valence-electron chi connectivity index (χ4n) is 4.91. The summed E-state index contributed by atoms with van der Waals surface area (Å²) in [6, 6.07) is 8.19. The summed E-state index contributed by atoms with van der Waals surface area (Å²) in [4.78, 5) is 21.4. The number of aliphatic imine (C=N–C) groups is 1. The lowest BCUT2D eigenvalue weighted by molar-refractivity contribution is -0.247. The zero-order valence-corrected chi connectivity index (χ0v) is 17.7. The van der Waals surface area contributed by atoms with Gasteiger partial charge in [-0.1, -0.05) is 6.07 Å². The number of nitrogens with zero attached hydrogens (tertiary/aromatic N) is 2. The second-order valence-corrected chi connectivity index (χ2v) is 8.99. The van der Waals surface area contributed by atoms with Crippen LogP contribution in [0.2, 0.25) is 0 Å². The van der Waals surface area contributed by atoms with Crippen molar-refractivity contribution in [3.8, 4) is 5.75 Å². The number of rotatable bonds is 4. The van der Waals surface area contributed by atoms with Crippen LogP contribution in [-0.4, -0.2) is 42.2 Å². The molecule has 0 radical (unpaired) electrons. The number of carbonyl (C=O) groups is 1. The molecule has 4 heterocycles. The third kappa shape index (κ3) is 2.83. The summed E-state index contributed by atoms with van der Waals surface area (Å²) in [7, 11) is 0. The number of ether oxygens (including phenoxy) is 3. The minimum absolute atomic E-state index is 0.0529. The zero-order valence-electron chi connectivity index (χ0n) is 17.7. The Hall–Kier alpha value is -3.07. The standard InChI is InChI=1S/C23H23F2N3O4/c1-21(2)22(10-30-11-22)23(12-31-20(26)28-23)15-7-13(3-6-18(15)32-21)8-17(29)16-5-4-14(9-27-16)19(24)25/h3-7,9,19H,8,10-12H2,1-2H3,(H2,26,28). The Morgan fingerprint density at radius 2 is 1.97 bits per heavy atom. The first-order chi connectivity index (χ1) is 15.2. The van der Waals surface area contributed by atoms with Gasteiger partial charge in [-0.3, -0.25) is 9.78 Å². The summed E-state index contributed by atoms with van der Waals surface area (Å²) < 4.78 is 43.1. The highest BCUT2D eigenvalue weighted by atomic mass is 19.3. The van der Waals surface area contributed by atoms with Gasteiger partial charge in [-0.05, 0) is 43.7 Å². The van der Waals surface area contributed by atoms with Crippen LogP contribution in [0.3, 0.4) is 0 Å². The summed E-state index contributed by atoms with van der Waals surface area (Å²) in [6.45, 7) is 5.18. The van der Waals surface area contributed by atoms with Crippen LogP contribution >= 0.6 is 0 Å². The molecule has 1 unspecified atom stereocenters. The Morgan fingerprint density at radius 3 is 2.53 bits per heavy atom. The number of aromatic nitrogens is 1. The highest BCUT2D eigenvalue weighted by molar-refractivity contribution is 5.95. The van der Waals surface area contributed by atoms with Gasteiger partial charge in [0.15, 0.2) is 5.78 Å². The molecule has 168 valence electrons. The van der Waals surface area contributed by atoms with Gasteiger partial charge in [0, 0.05) is 23.7 Å². The van der Waals surface area contributed by atoms with Crippen LogP contribution in [0.25, 0.3) is 0 Å². The minimum atomic E-state index is -2.63. The average Bonchev–Trinajstić information content (AvgIpc) is 3.09. The molecule has 0 aliphatic carbocycles. The molecule has 9 heteroatoms. The number of Topliss-reactive ketones (excluding diaryl/α,β-unsaturated/α-hetero) is 1. The molecule has 1 saturated heterocycles. The SMILES string of the molecule is CC1(C)Oc2ccc(CC(=O)c3ccc(C(F)F)cn3)cc2C2(COC(N)=N2)C12COC2. The number of carbonyl (C=O) groups excluding carboxylic acids is 1. The van der Waals surface area contributed by atoms with Crippen LogP contribution in [0, 0.1) is 5.41 Å². The molecule has 32 heavy (non-hydrogen) atoms. The fourth-order valence-corrected chi connectivity index (χ4v) is 4.91. The second kappa shape index (κ2) is 6.96. The summed E-state index contributed by atoms with van der Waals surface area (Å²) in [6.07, 6.45) is -1.54. The molecule has 2 aromatic rings. The van der Waals surface area contributed by atoms with Crippen LogP contribution in [0.15, 0.2) is 41.5 Å². The van der Waals surface area contributed by atoms with E-state index in [2.05, 4.69) is 4.98 Å². The lowest BCUT2D eigenvalue weighted by Crippen LogP contribution is -2.71. The van der Waals surface area contributed by atoms with Gasteiger partial charge in [0.2, 0.25) is 0 Å². The molecule has 3 aliphatic rings. The number of hydrogen-bond acceptors (Lipinski definition) is 7. The number of nitrogens with two attached hydrogens (primary N) is 1. The maximum absolute atomic E-state index is 12.8. The van der Waals surface area contributed by atoms with Gasteiger partial charge < -0.3 is 19.9 Å². The van der Waals surface area contributed by atoms with Crippen molar-refractivity contribution >= 4 is 11.8 Å². The molecule has 0 amide bonds. The van der Waals surface area contributed by atoms with Crippen molar-refractivity contribution in [2.45, 2.75) is 37.8 Å². The molecule has 0 bridgehead atoms. The van der Waals surface area contributed by atoms with E-state index in [-0.39, 0.29) is 36.1 Å². The van der Waals surface area contributed by atoms with E-state index in [9.17, 15) is 13.6 Å². The monoisotopic (exact) mass is 443 g/mol. The van der Waals surface area contributed by atoms with Crippen LogP contribution in [0.5, 0.6) is 5.75 Å². The van der Waals surface area contributed by atoms with Gasteiger partial charge in [0.1, 0.15) is 29.2 Å². The third-order valence-electron chi connectivity index (χ3n) is 6.91. The summed E-state index contributed by atoms with van der Waals surface area (Å²) in [5.41, 5.74) is 5.55. The Morgan fingerprint density at radius 1 is 1.19 bits per heavy atom. The van der Waals surface area contributed by atoms with Crippen molar-refractivity contribution in [2.24, 2.45) is 16.1 Å². The first-order valence-electron chi connectivity index (χ1n) is 10.3. The molecule has 1 aromatic carbocycles. The lowest BCUT2D eigenvalue weighted by atomic mass is 9.55. The smallest absolute Gasteiger partial charge is 0.283 e. The predicted octanol–water partition coefficient (Wildman–Crippen LogP) is 3.17. The van der Waals surface area contributed by atoms with Crippen molar-refractivity contribution in [3.05, 3.63) is 58.9 Å². The maximum Gasteiger partial charge on any atom is 0.283 e. The molecule has 1 fully saturated rings. The van der Waals surface area contributed by atoms with Crippen molar-refractivity contribution < 1.29 is 27.8 Å². The molecule has 2 N–H and O–H groups in total. The van der Waals surface area contributed by atoms with E-state index in [0.717, 1.165) is 17.3 Å². The number of amidine groups is 1. The van der Waals surface area contributed by atoms with Gasteiger partial charge in [-0.2, -0.15) is 0 Å². The number of benzene rings is 1. The van der Waals surface area contributed by atoms with Gasteiger partial charge in [-0.15, -0.1) is 0 Å². The minimum Gasteiger partial charge on any atom is -0.487 e. The number of ketones is 1. The van der Waals surface area contributed by atoms with Crippen LogP contribution in [0.4, 0.5) is 8.78 Å². The molecule has 1 atom stereocenters. The molecular formula is C23H23F2N3O4. The Labute approximate surface area is 183 Å². The van der Waals surface area contributed by atoms with E-state index in [1.807, 2.05) is 32.0 Å². The summed E-state index contributed by atoms with van der Waals surface area (Å²) in [5.74, 6) is 0.384. The largest absolute Gasteiger partial charge is 0.487 e. The lowest BCUT2D eigenvalue weighted by Gasteiger charge is -2.61. The molecule has 0 saturated carbocycles. The highest BCUT2D eigenvalue weighted by Crippen LogP contribution is 2.62. The zero-order chi connectivity index (χ0) is 22.7. The van der Waals surface area contributed by atoms with E-state index in [4.69, 9.17) is 24.9 Å². The number of halogens is 2. The quantitative estimate of drug-likeness (QED) is 0.730. The third-order valence-corrected chi connectivity index (χ3v) is 6.91. The van der Waals surface area contributed by atoms with Gasteiger partial charge in [-0.25, -0.2) is 13.8 Å². The Balaban J connectivity index is 1.51. The van der Waals surface area contributed by atoms with Gasteiger partial charge >= 0.3 is 0 Å². The maximum atomic E-state index is 12.8. The van der Waals surface area contributed by atoms with Crippen LogP contribution < -0.4 is 10.5 Å². The molecule has 1 aromatic heterocycles. The Kier molecular flexibility index (Phi) is 4.53. The number of fused-ring (bicyclic) bond motifs is 3. The predicted molar refractivity (Wildman–Crippen MR) is 111 cm³/mol. The van der Waals surface area contributed by atoms with Gasteiger partial charge in [0.25, 0.3) is 12.4 Å². The molecule has 7 nitrogen and oxygen atoms in total. The fraction of sp³-hybridized carbons (Fsp3) is 0.435. The highest BCUT2D eigenvalue weighted by Gasteiger charge is 2.71. The number of pyridine rings is 1. The first kappa shape index (κ1) is 20.8. The van der Waals surface area contributed by atoms with Gasteiger partial charge in [0.05, 0.1) is 18.6 Å². The summed E-state index contributed by atoms with van der Waals surface area (Å²) >= 11 is 0. The van der Waals surface area contributed by atoms with E-state index in [1.54, 1.807) is 0 Å². The van der Waals surface area contributed by atoms with E-state index in [1.165, 1.54) is 12.1 Å². The van der Waals surface area contributed by atoms with E-state index < -0.39 is 23.0 Å². The normalized spacial score (nSPS) is 24.5. The van der Waals surface area contributed by atoms with Crippen molar-refractivity contribution in [1.29, 1.82) is 0 Å².